The van der Waals surface area contributed by atoms with E-state index in [9.17, 15) is 9.59 Å². The molecule has 86 valence electrons. The zero-order valence-corrected chi connectivity index (χ0v) is 9.05. The monoisotopic (exact) mass is 222 g/mol. The summed E-state index contributed by atoms with van der Waals surface area (Å²) >= 11 is 0. The smallest absolute Gasteiger partial charge is 0.376 e. The zero-order valence-electron chi connectivity index (χ0n) is 9.05. The van der Waals surface area contributed by atoms with Crippen LogP contribution in [0.1, 0.15) is 18.9 Å². The molecule has 0 bridgehead atoms. The van der Waals surface area contributed by atoms with E-state index in [1.54, 1.807) is 31.5 Å². The van der Waals surface area contributed by atoms with Gasteiger partial charge >= 0.3 is 5.97 Å². The van der Waals surface area contributed by atoms with Crippen LogP contribution in [-0.2, 0) is 20.9 Å². The van der Waals surface area contributed by atoms with E-state index < -0.39 is 17.8 Å². The first-order valence-corrected chi connectivity index (χ1v) is 5.00. The van der Waals surface area contributed by atoms with Crippen LogP contribution in [0.15, 0.2) is 24.5 Å². The van der Waals surface area contributed by atoms with Gasteiger partial charge in [-0.1, -0.05) is 13.0 Å². The minimum absolute atomic E-state index is 0.0366. The van der Waals surface area contributed by atoms with Gasteiger partial charge in [0.15, 0.2) is 0 Å². The molecule has 0 spiro atoms. The Labute approximate surface area is 93.6 Å². The quantitative estimate of drug-likeness (QED) is 0.577. The fourth-order valence-corrected chi connectivity index (χ4v) is 1.04. The van der Waals surface area contributed by atoms with E-state index in [1.807, 2.05) is 0 Å². The van der Waals surface area contributed by atoms with Crippen LogP contribution in [0.5, 0.6) is 0 Å². The SMILES string of the molecule is CCC(N)C(=O)C(=O)OCc1cccnc1. The second-order valence-electron chi connectivity index (χ2n) is 3.32. The molecule has 0 amide bonds. The lowest BCUT2D eigenvalue weighted by molar-refractivity contribution is -0.155. The van der Waals surface area contributed by atoms with Gasteiger partial charge in [0, 0.05) is 18.0 Å². The number of hydrogen-bond donors (Lipinski definition) is 1. The number of aromatic nitrogens is 1. The maximum atomic E-state index is 11.3. The first-order chi connectivity index (χ1) is 7.65. The predicted molar refractivity (Wildman–Crippen MR) is 57.3 cm³/mol. The lowest BCUT2D eigenvalue weighted by Crippen LogP contribution is -2.36. The van der Waals surface area contributed by atoms with Crippen LogP contribution < -0.4 is 5.73 Å². The van der Waals surface area contributed by atoms with E-state index in [0.717, 1.165) is 5.56 Å². The number of carbonyl (C=O) groups excluding carboxylic acids is 2. The summed E-state index contributed by atoms with van der Waals surface area (Å²) in [5.41, 5.74) is 6.15. The van der Waals surface area contributed by atoms with E-state index in [1.165, 1.54) is 0 Å². The molecule has 16 heavy (non-hydrogen) atoms. The Kier molecular flexibility index (Phi) is 4.60. The summed E-state index contributed by atoms with van der Waals surface area (Å²) < 4.78 is 4.80. The number of pyridine rings is 1. The number of Topliss-reactive ketones (excluding diaryl/α,β-unsaturated/α-hetero) is 1. The molecule has 1 aromatic rings. The summed E-state index contributed by atoms with van der Waals surface area (Å²) in [7, 11) is 0. The number of ketones is 1. The van der Waals surface area contributed by atoms with Crippen molar-refractivity contribution in [1.29, 1.82) is 0 Å². The average molecular weight is 222 g/mol. The molecule has 5 heteroatoms. The molecule has 0 aliphatic heterocycles. The molecule has 1 atom stereocenters. The largest absolute Gasteiger partial charge is 0.455 e. The van der Waals surface area contributed by atoms with Gasteiger partial charge in [0.2, 0.25) is 0 Å². The fourth-order valence-electron chi connectivity index (χ4n) is 1.04. The van der Waals surface area contributed by atoms with Crippen LogP contribution in [0.3, 0.4) is 0 Å². The number of ether oxygens (including phenoxy) is 1. The Morgan fingerprint density at radius 2 is 2.31 bits per heavy atom. The maximum absolute atomic E-state index is 11.3. The van der Waals surface area contributed by atoms with E-state index in [2.05, 4.69) is 4.98 Å². The molecule has 1 rings (SSSR count). The summed E-state index contributed by atoms with van der Waals surface area (Å²) in [6, 6.07) is 2.70. The van der Waals surface area contributed by atoms with Gasteiger partial charge < -0.3 is 10.5 Å². The predicted octanol–water partition coefficient (Wildman–Crippen LogP) is 0.431. The standard InChI is InChI=1S/C11H14N2O3/c1-2-9(12)10(14)11(15)16-7-8-4-3-5-13-6-8/h3-6,9H,2,7,12H2,1H3. The Morgan fingerprint density at radius 1 is 1.56 bits per heavy atom. The van der Waals surface area contributed by atoms with Gasteiger partial charge in [0.1, 0.15) is 6.61 Å². The molecule has 5 nitrogen and oxygen atoms in total. The van der Waals surface area contributed by atoms with Crippen LogP contribution in [0.25, 0.3) is 0 Å². The van der Waals surface area contributed by atoms with E-state index in [-0.39, 0.29) is 6.61 Å². The molecule has 0 radical (unpaired) electrons. The molecule has 0 saturated heterocycles. The highest BCUT2D eigenvalue weighted by Gasteiger charge is 2.21. The van der Waals surface area contributed by atoms with E-state index in [0.29, 0.717) is 6.42 Å². The second kappa shape index (κ2) is 5.97. The molecule has 1 heterocycles. The van der Waals surface area contributed by atoms with Gasteiger partial charge in [-0.05, 0) is 12.5 Å². The van der Waals surface area contributed by atoms with Crippen molar-refractivity contribution in [2.45, 2.75) is 26.0 Å². The van der Waals surface area contributed by atoms with Crippen LogP contribution in [0, 0.1) is 0 Å². The number of nitrogens with zero attached hydrogens (tertiary/aromatic N) is 1. The molecule has 0 aromatic carbocycles. The zero-order chi connectivity index (χ0) is 12.0. The third kappa shape index (κ3) is 3.43. The third-order valence-electron chi connectivity index (χ3n) is 2.07. The third-order valence-corrected chi connectivity index (χ3v) is 2.07. The summed E-state index contributed by atoms with van der Waals surface area (Å²) in [4.78, 5) is 26.4. The van der Waals surface area contributed by atoms with Crippen LogP contribution in [0.4, 0.5) is 0 Å². The van der Waals surface area contributed by atoms with Crippen molar-refractivity contribution in [2.75, 3.05) is 0 Å². The van der Waals surface area contributed by atoms with Gasteiger partial charge in [-0.2, -0.15) is 0 Å². The average Bonchev–Trinajstić information content (AvgIpc) is 2.35. The van der Waals surface area contributed by atoms with Crippen molar-refractivity contribution >= 4 is 11.8 Å². The Hall–Kier alpha value is -1.75. The van der Waals surface area contributed by atoms with E-state index >= 15 is 0 Å². The van der Waals surface area contributed by atoms with Crippen molar-refractivity contribution in [2.24, 2.45) is 5.73 Å². The van der Waals surface area contributed by atoms with Gasteiger partial charge in [-0.15, -0.1) is 0 Å². The van der Waals surface area contributed by atoms with E-state index in [4.69, 9.17) is 10.5 Å². The van der Waals surface area contributed by atoms with Crippen molar-refractivity contribution in [3.05, 3.63) is 30.1 Å². The summed E-state index contributed by atoms with van der Waals surface area (Å²) in [6.07, 6.45) is 3.60. The normalized spacial score (nSPS) is 11.9. The lowest BCUT2D eigenvalue weighted by Gasteiger charge is -2.07. The van der Waals surface area contributed by atoms with Crippen molar-refractivity contribution in [1.82, 2.24) is 4.98 Å². The number of esters is 1. The Balaban J connectivity index is 2.44. The van der Waals surface area contributed by atoms with Crippen LogP contribution >= 0.6 is 0 Å². The van der Waals surface area contributed by atoms with Crippen molar-refractivity contribution in [3.63, 3.8) is 0 Å². The van der Waals surface area contributed by atoms with Gasteiger partial charge in [0.25, 0.3) is 5.78 Å². The molecular formula is C11H14N2O3. The summed E-state index contributed by atoms with van der Waals surface area (Å²) in [5, 5.41) is 0. The molecule has 0 fully saturated rings. The first kappa shape index (κ1) is 12.3. The highest BCUT2D eigenvalue weighted by atomic mass is 16.5. The lowest BCUT2D eigenvalue weighted by atomic mass is 10.1. The number of carbonyl (C=O) groups is 2. The topological polar surface area (TPSA) is 82.3 Å². The number of nitrogens with two attached hydrogens (primary N) is 1. The molecule has 0 saturated carbocycles. The molecule has 1 unspecified atom stereocenters. The molecule has 0 aliphatic carbocycles. The van der Waals surface area contributed by atoms with Crippen LogP contribution in [0.2, 0.25) is 0 Å². The van der Waals surface area contributed by atoms with Gasteiger partial charge in [-0.3, -0.25) is 9.78 Å². The van der Waals surface area contributed by atoms with Crippen molar-refractivity contribution in [3.8, 4) is 0 Å². The molecule has 0 aliphatic rings. The Bertz CT molecular complexity index is 365. The minimum atomic E-state index is -0.891. The molecular weight excluding hydrogens is 208 g/mol. The summed E-state index contributed by atoms with van der Waals surface area (Å²) in [5.74, 6) is -1.58. The highest BCUT2D eigenvalue weighted by molar-refractivity contribution is 6.35. The molecule has 2 N–H and O–H groups in total. The molecule has 1 aromatic heterocycles. The van der Waals surface area contributed by atoms with Gasteiger partial charge in [0.05, 0.1) is 6.04 Å². The first-order valence-electron chi connectivity index (χ1n) is 5.00. The summed E-state index contributed by atoms with van der Waals surface area (Å²) in [6.45, 7) is 1.77. The second-order valence-corrected chi connectivity index (χ2v) is 3.32. The number of hydrogen-bond acceptors (Lipinski definition) is 5. The van der Waals surface area contributed by atoms with Crippen LogP contribution in [-0.4, -0.2) is 22.8 Å². The van der Waals surface area contributed by atoms with Gasteiger partial charge in [-0.25, -0.2) is 4.79 Å². The minimum Gasteiger partial charge on any atom is -0.455 e. The number of rotatable bonds is 5. The highest BCUT2D eigenvalue weighted by Crippen LogP contribution is 2.00. The maximum Gasteiger partial charge on any atom is 0.376 e. The van der Waals surface area contributed by atoms with Crippen molar-refractivity contribution < 1.29 is 14.3 Å². The fraction of sp³-hybridized carbons (Fsp3) is 0.364. The Morgan fingerprint density at radius 3 is 2.88 bits per heavy atom.